The van der Waals surface area contributed by atoms with Crippen LogP contribution < -0.4 is 11.2 Å². The van der Waals surface area contributed by atoms with Gasteiger partial charge in [0.25, 0.3) is 5.56 Å². The first-order valence-corrected chi connectivity index (χ1v) is 6.14. The highest BCUT2D eigenvalue weighted by atomic mass is 16.5. The molecule has 7 nitrogen and oxygen atoms in total. The molecule has 2 aromatic heterocycles. The van der Waals surface area contributed by atoms with Crippen molar-refractivity contribution in [1.82, 2.24) is 14.1 Å². The summed E-state index contributed by atoms with van der Waals surface area (Å²) >= 11 is 0. The van der Waals surface area contributed by atoms with Crippen LogP contribution in [-0.2, 0) is 23.1 Å². The summed E-state index contributed by atoms with van der Waals surface area (Å²) in [6.07, 6.45) is 1.80. The number of H-pyrrole nitrogens is 1. The highest BCUT2D eigenvalue weighted by Gasteiger charge is 2.11. The largest absolute Gasteiger partial charge is 0.465 e. The van der Waals surface area contributed by atoms with E-state index in [0.29, 0.717) is 11.4 Å². The number of carbonyl (C=O) groups excluding carboxylic acids is 1. The van der Waals surface area contributed by atoms with Gasteiger partial charge in [0, 0.05) is 19.3 Å². The van der Waals surface area contributed by atoms with Crippen LogP contribution in [0.2, 0.25) is 0 Å². The number of aromatic amines is 1. The molecule has 0 atom stereocenters. The molecule has 0 bridgehead atoms. The number of aryl methyl sites for hydroxylation is 1. The van der Waals surface area contributed by atoms with Gasteiger partial charge in [0.15, 0.2) is 0 Å². The lowest BCUT2D eigenvalue weighted by atomic mass is 10.3. The number of nitrogens with one attached hydrogen (secondary N) is 1. The van der Waals surface area contributed by atoms with E-state index in [2.05, 4.69) is 4.98 Å². The third kappa shape index (κ3) is 2.71. The molecule has 0 amide bonds. The SMILES string of the molecule is CCOC(=O)Cn1c(=O)cc(-c2cccn2C)[nH]c1=O. The summed E-state index contributed by atoms with van der Waals surface area (Å²) in [5.74, 6) is -0.619. The Morgan fingerprint density at radius 2 is 2.15 bits per heavy atom. The topological polar surface area (TPSA) is 86.1 Å². The number of hydrogen-bond donors (Lipinski definition) is 1. The van der Waals surface area contributed by atoms with E-state index in [-0.39, 0.29) is 6.61 Å². The summed E-state index contributed by atoms with van der Waals surface area (Å²) in [5, 5.41) is 0. The molecule has 0 aliphatic heterocycles. The number of hydrogen-bond acceptors (Lipinski definition) is 4. The first kappa shape index (κ1) is 13.9. The summed E-state index contributed by atoms with van der Waals surface area (Å²) in [6.45, 7) is 1.46. The van der Waals surface area contributed by atoms with Crippen molar-refractivity contribution >= 4 is 5.97 Å². The molecule has 0 aliphatic carbocycles. The van der Waals surface area contributed by atoms with E-state index in [0.717, 1.165) is 4.57 Å². The minimum atomic E-state index is -0.637. The van der Waals surface area contributed by atoms with Crippen molar-refractivity contribution in [2.24, 2.45) is 7.05 Å². The van der Waals surface area contributed by atoms with Gasteiger partial charge in [-0.25, -0.2) is 9.36 Å². The van der Waals surface area contributed by atoms with E-state index >= 15 is 0 Å². The average molecular weight is 277 g/mol. The van der Waals surface area contributed by atoms with Gasteiger partial charge in [0.1, 0.15) is 6.54 Å². The lowest BCUT2D eigenvalue weighted by Crippen LogP contribution is -2.37. The molecule has 2 aromatic rings. The molecule has 0 spiro atoms. The second-order valence-corrected chi connectivity index (χ2v) is 4.22. The maximum absolute atomic E-state index is 11.9. The van der Waals surface area contributed by atoms with Gasteiger partial charge in [0.2, 0.25) is 0 Å². The standard InChI is InChI=1S/C13H15N3O4/c1-3-20-12(18)8-16-11(17)7-9(14-13(16)19)10-5-4-6-15(10)2/h4-7H,3,8H2,1-2H3,(H,14,19). The molecule has 0 aliphatic rings. The zero-order chi connectivity index (χ0) is 14.7. The molecular weight excluding hydrogens is 262 g/mol. The lowest BCUT2D eigenvalue weighted by molar-refractivity contribution is -0.143. The lowest BCUT2D eigenvalue weighted by Gasteiger charge is -2.07. The molecule has 0 fully saturated rings. The van der Waals surface area contributed by atoms with Crippen molar-refractivity contribution in [1.29, 1.82) is 0 Å². The molecule has 0 saturated carbocycles. The van der Waals surface area contributed by atoms with Gasteiger partial charge >= 0.3 is 11.7 Å². The van der Waals surface area contributed by atoms with Crippen molar-refractivity contribution in [3.8, 4) is 11.4 Å². The van der Waals surface area contributed by atoms with Gasteiger partial charge in [0.05, 0.1) is 18.0 Å². The van der Waals surface area contributed by atoms with E-state index < -0.39 is 23.8 Å². The number of nitrogens with zero attached hydrogens (tertiary/aromatic N) is 2. The molecule has 106 valence electrons. The van der Waals surface area contributed by atoms with E-state index in [1.54, 1.807) is 36.9 Å². The quantitative estimate of drug-likeness (QED) is 0.803. The van der Waals surface area contributed by atoms with E-state index in [4.69, 9.17) is 4.74 Å². The van der Waals surface area contributed by atoms with E-state index in [1.165, 1.54) is 6.07 Å². The van der Waals surface area contributed by atoms with Gasteiger partial charge in [-0.15, -0.1) is 0 Å². The van der Waals surface area contributed by atoms with Crippen LogP contribution in [0.3, 0.4) is 0 Å². The van der Waals surface area contributed by atoms with Gasteiger partial charge in [-0.3, -0.25) is 9.59 Å². The zero-order valence-corrected chi connectivity index (χ0v) is 11.3. The molecule has 20 heavy (non-hydrogen) atoms. The molecule has 2 heterocycles. The Morgan fingerprint density at radius 3 is 2.70 bits per heavy atom. The molecule has 0 radical (unpaired) electrons. The molecular formula is C13H15N3O4. The Hall–Kier alpha value is -2.57. The van der Waals surface area contributed by atoms with Gasteiger partial charge in [-0.2, -0.15) is 0 Å². The highest BCUT2D eigenvalue weighted by molar-refractivity contribution is 5.69. The average Bonchev–Trinajstić information content (AvgIpc) is 2.80. The Morgan fingerprint density at radius 1 is 1.40 bits per heavy atom. The van der Waals surface area contributed by atoms with Crippen molar-refractivity contribution in [3.63, 3.8) is 0 Å². The van der Waals surface area contributed by atoms with E-state index in [9.17, 15) is 14.4 Å². The Kier molecular flexibility index (Phi) is 3.88. The maximum atomic E-state index is 11.9. The third-order valence-electron chi connectivity index (χ3n) is 2.83. The Labute approximate surface area is 114 Å². The van der Waals surface area contributed by atoms with Crippen LogP contribution in [0.1, 0.15) is 6.92 Å². The number of rotatable bonds is 4. The first-order chi connectivity index (χ1) is 9.52. The fraction of sp³-hybridized carbons (Fsp3) is 0.308. The normalized spacial score (nSPS) is 10.5. The summed E-state index contributed by atoms with van der Waals surface area (Å²) in [7, 11) is 1.80. The molecule has 0 saturated heterocycles. The fourth-order valence-corrected chi connectivity index (χ4v) is 1.88. The molecule has 2 rings (SSSR count). The van der Waals surface area contributed by atoms with Crippen LogP contribution in [0, 0.1) is 0 Å². The summed E-state index contributed by atoms with van der Waals surface area (Å²) in [4.78, 5) is 37.8. The van der Waals surface area contributed by atoms with E-state index in [1.807, 2.05) is 0 Å². The Balaban J connectivity index is 2.40. The van der Waals surface area contributed by atoms with Crippen molar-refractivity contribution < 1.29 is 9.53 Å². The second kappa shape index (κ2) is 5.60. The highest BCUT2D eigenvalue weighted by Crippen LogP contribution is 2.13. The number of carbonyl (C=O) groups is 1. The summed E-state index contributed by atoms with van der Waals surface area (Å²) in [5.41, 5.74) is -0.0603. The summed E-state index contributed by atoms with van der Waals surface area (Å²) in [6, 6.07) is 4.87. The Bertz CT molecular complexity index is 707. The third-order valence-corrected chi connectivity index (χ3v) is 2.83. The van der Waals surface area contributed by atoms with Gasteiger partial charge in [-0.1, -0.05) is 0 Å². The van der Waals surface area contributed by atoms with Crippen LogP contribution in [0.4, 0.5) is 0 Å². The number of aromatic nitrogens is 3. The fourth-order valence-electron chi connectivity index (χ4n) is 1.88. The van der Waals surface area contributed by atoms with Crippen molar-refractivity contribution in [3.05, 3.63) is 45.2 Å². The molecule has 7 heteroatoms. The monoisotopic (exact) mass is 277 g/mol. The van der Waals surface area contributed by atoms with Crippen molar-refractivity contribution in [2.75, 3.05) is 6.61 Å². The molecule has 0 unspecified atom stereocenters. The van der Waals surface area contributed by atoms with Gasteiger partial charge in [-0.05, 0) is 19.1 Å². The van der Waals surface area contributed by atoms with Crippen molar-refractivity contribution in [2.45, 2.75) is 13.5 Å². The summed E-state index contributed by atoms with van der Waals surface area (Å²) < 4.78 is 7.31. The zero-order valence-electron chi connectivity index (χ0n) is 11.3. The smallest absolute Gasteiger partial charge is 0.329 e. The van der Waals surface area contributed by atoms with Crippen LogP contribution >= 0.6 is 0 Å². The van der Waals surface area contributed by atoms with Crippen LogP contribution in [0.25, 0.3) is 11.4 Å². The maximum Gasteiger partial charge on any atom is 0.329 e. The van der Waals surface area contributed by atoms with Crippen LogP contribution in [0.5, 0.6) is 0 Å². The van der Waals surface area contributed by atoms with Gasteiger partial charge < -0.3 is 14.3 Å². The van der Waals surface area contributed by atoms with Crippen LogP contribution in [0.15, 0.2) is 34.0 Å². The predicted molar refractivity (Wildman–Crippen MR) is 72.4 cm³/mol. The second-order valence-electron chi connectivity index (χ2n) is 4.22. The molecule has 1 N–H and O–H groups in total. The first-order valence-electron chi connectivity index (χ1n) is 6.14. The van der Waals surface area contributed by atoms with Crippen LogP contribution in [-0.4, -0.2) is 26.7 Å². The number of ether oxygens (including phenoxy) is 1. The number of esters is 1. The molecule has 0 aromatic carbocycles. The predicted octanol–water partition coefficient (Wildman–Crippen LogP) is 0.105. The minimum Gasteiger partial charge on any atom is -0.465 e. The minimum absolute atomic E-state index is 0.201.